The fraction of sp³-hybridized carbons (Fsp3) is 0. The molecule has 0 heterocycles. The molecule has 2 aromatic carbocycles. The van der Waals surface area contributed by atoms with Gasteiger partial charge in [0.1, 0.15) is 0 Å². The molecule has 0 amide bonds. The van der Waals surface area contributed by atoms with Gasteiger partial charge in [0.15, 0.2) is 0 Å². The molecule has 16 heavy (non-hydrogen) atoms. The molecule has 0 radical (unpaired) electrons. The maximum absolute atomic E-state index is 2.12. The quantitative estimate of drug-likeness (QED) is 0.416. The first kappa shape index (κ1) is 16.2. The van der Waals surface area contributed by atoms with E-state index in [1.807, 2.05) is 36.4 Å². The normalized spacial score (nSPS) is 9.25. The van der Waals surface area contributed by atoms with Crippen molar-refractivity contribution in [1.29, 1.82) is 0 Å². The molecular formula is C14H14Na2. The summed E-state index contributed by atoms with van der Waals surface area (Å²) in [7, 11) is 0. The minimum Gasteiger partial charge on any atom is -1.00 e. The molecule has 0 aromatic heterocycles. The van der Waals surface area contributed by atoms with E-state index < -0.39 is 0 Å². The maximum atomic E-state index is 2.12. The molecule has 2 heteroatoms. The van der Waals surface area contributed by atoms with Gasteiger partial charge in [0.2, 0.25) is 0 Å². The van der Waals surface area contributed by atoms with E-state index in [4.69, 9.17) is 0 Å². The molecule has 0 aliphatic carbocycles. The van der Waals surface area contributed by atoms with Gasteiger partial charge in [0, 0.05) is 0 Å². The van der Waals surface area contributed by atoms with Crippen molar-refractivity contribution in [2.24, 2.45) is 0 Å². The molecule has 0 aliphatic rings. The zero-order valence-corrected chi connectivity index (χ0v) is 13.9. The fourth-order valence-electron chi connectivity index (χ4n) is 1.32. The van der Waals surface area contributed by atoms with E-state index in [2.05, 4.69) is 36.4 Å². The molecule has 0 spiro atoms. The van der Waals surface area contributed by atoms with Gasteiger partial charge in [0.25, 0.3) is 0 Å². The van der Waals surface area contributed by atoms with Gasteiger partial charge in [-0.3, -0.25) is 0 Å². The summed E-state index contributed by atoms with van der Waals surface area (Å²) >= 11 is 0. The standard InChI is InChI=1S/C14H12.2Na.2H/c1-3-7-13(8-4-1)11-12-14-9-5-2-6-10-14;;;;/h1-12H;;;;/q;2*+1;2*-1. The number of hydrogen-bond donors (Lipinski definition) is 0. The van der Waals surface area contributed by atoms with Crippen molar-refractivity contribution < 1.29 is 62.0 Å². The molecule has 0 unspecified atom stereocenters. The third kappa shape index (κ3) is 5.49. The molecule has 2 aromatic rings. The SMILES string of the molecule is C(=Cc1ccccc1)c1ccccc1.[H-].[H-].[Na+].[Na+]. The minimum absolute atomic E-state index is 0. The third-order valence-corrected chi connectivity index (χ3v) is 2.07. The average molecular weight is 228 g/mol. The van der Waals surface area contributed by atoms with Crippen molar-refractivity contribution in [3.8, 4) is 0 Å². The predicted octanol–water partition coefficient (Wildman–Crippen LogP) is -1.91. The molecule has 0 fully saturated rings. The first-order valence-corrected chi connectivity index (χ1v) is 4.73. The molecule has 0 aliphatic heterocycles. The summed E-state index contributed by atoms with van der Waals surface area (Å²) < 4.78 is 0. The van der Waals surface area contributed by atoms with Gasteiger partial charge in [-0.2, -0.15) is 0 Å². The summed E-state index contributed by atoms with van der Waals surface area (Å²) in [5.41, 5.74) is 2.47. The van der Waals surface area contributed by atoms with Crippen LogP contribution in [-0.2, 0) is 0 Å². The Hall–Kier alpha value is 0.180. The van der Waals surface area contributed by atoms with Crippen LogP contribution in [0.4, 0.5) is 0 Å². The Labute approximate surface area is 144 Å². The van der Waals surface area contributed by atoms with Crippen LogP contribution in [0.2, 0.25) is 0 Å². The van der Waals surface area contributed by atoms with E-state index in [-0.39, 0.29) is 62.0 Å². The minimum atomic E-state index is 0. The second-order valence-electron chi connectivity index (χ2n) is 3.15. The molecule has 0 bridgehead atoms. The zero-order valence-electron chi connectivity index (χ0n) is 11.9. The van der Waals surface area contributed by atoms with Crippen LogP contribution >= 0.6 is 0 Å². The maximum Gasteiger partial charge on any atom is 1.00 e. The molecule has 0 atom stereocenters. The van der Waals surface area contributed by atoms with Crippen LogP contribution in [0.25, 0.3) is 12.2 Å². The van der Waals surface area contributed by atoms with E-state index in [0.29, 0.717) is 0 Å². The first-order valence-electron chi connectivity index (χ1n) is 4.73. The Morgan fingerprint density at radius 3 is 1.19 bits per heavy atom. The molecule has 72 valence electrons. The van der Waals surface area contributed by atoms with E-state index in [1.165, 1.54) is 11.1 Å². The predicted molar refractivity (Wildman–Crippen MR) is 64.0 cm³/mol. The number of hydrogen-bond acceptors (Lipinski definition) is 0. The summed E-state index contributed by atoms with van der Waals surface area (Å²) in [6.07, 6.45) is 4.24. The van der Waals surface area contributed by atoms with Crippen LogP contribution in [0.1, 0.15) is 14.0 Å². The Morgan fingerprint density at radius 2 is 0.875 bits per heavy atom. The van der Waals surface area contributed by atoms with Gasteiger partial charge in [-0.1, -0.05) is 72.8 Å². The van der Waals surface area contributed by atoms with Gasteiger partial charge >= 0.3 is 59.1 Å². The smallest absolute Gasteiger partial charge is 1.00 e. The summed E-state index contributed by atoms with van der Waals surface area (Å²) in [6.45, 7) is 0. The Morgan fingerprint density at radius 1 is 0.562 bits per heavy atom. The number of rotatable bonds is 2. The van der Waals surface area contributed by atoms with Crippen LogP contribution < -0.4 is 59.1 Å². The van der Waals surface area contributed by atoms with E-state index in [1.54, 1.807) is 0 Å². The molecule has 0 nitrogen and oxygen atoms in total. The van der Waals surface area contributed by atoms with Crippen LogP contribution in [0.15, 0.2) is 60.7 Å². The molecule has 2 rings (SSSR count). The van der Waals surface area contributed by atoms with Crippen LogP contribution in [0.5, 0.6) is 0 Å². The molecular weight excluding hydrogens is 214 g/mol. The van der Waals surface area contributed by atoms with Crippen LogP contribution in [0.3, 0.4) is 0 Å². The van der Waals surface area contributed by atoms with Crippen LogP contribution in [0, 0.1) is 0 Å². The monoisotopic (exact) mass is 228 g/mol. The summed E-state index contributed by atoms with van der Waals surface area (Å²) in [5, 5.41) is 0. The second kappa shape index (κ2) is 9.23. The van der Waals surface area contributed by atoms with E-state index in [0.717, 1.165) is 0 Å². The summed E-state index contributed by atoms with van der Waals surface area (Å²) in [4.78, 5) is 0. The van der Waals surface area contributed by atoms with E-state index >= 15 is 0 Å². The number of benzene rings is 2. The van der Waals surface area contributed by atoms with Gasteiger partial charge < -0.3 is 2.85 Å². The van der Waals surface area contributed by atoms with Crippen LogP contribution in [-0.4, -0.2) is 0 Å². The molecule has 0 saturated heterocycles. The van der Waals surface area contributed by atoms with Crippen molar-refractivity contribution in [2.45, 2.75) is 0 Å². The zero-order chi connectivity index (χ0) is 9.64. The van der Waals surface area contributed by atoms with Gasteiger partial charge in [0.05, 0.1) is 0 Å². The van der Waals surface area contributed by atoms with Crippen molar-refractivity contribution >= 4 is 12.2 Å². The Bertz CT molecular complexity index is 375. The first-order chi connectivity index (χ1) is 6.95. The Kier molecular flexibility index (Phi) is 9.34. The van der Waals surface area contributed by atoms with Crippen molar-refractivity contribution in [1.82, 2.24) is 0 Å². The van der Waals surface area contributed by atoms with Crippen molar-refractivity contribution in [2.75, 3.05) is 0 Å². The van der Waals surface area contributed by atoms with Crippen molar-refractivity contribution in [3.05, 3.63) is 71.8 Å². The third-order valence-electron chi connectivity index (χ3n) is 2.07. The van der Waals surface area contributed by atoms with Gasteiger partial charge in [-0.15, -0.1) is 0 Å². The van der Waals surface area contributed by atoms with Gasteiger partial charge in [-0.25, -0.2) is 0 Å². The van der Waals surface area contributed by atoms with Gasteiger partial charge in [-0.05, 0) is 11.1 Å². The molecule has 0 N–H and O–H groups in total. The topological polar surface area (TPSA) is 0 Å². The summed E-state index contributed by atoms with van der Waals surface area (Å²) in [6, 6.07) is 20.6. The fourth-order valence-corrected chi connectivity index (χ4v) is 1.32. The Balaban J connectivity index is -0.000000562. The van der Waals surface area contributed by atoms with E-state index in [9.17, 15) is 0 Å². The largest absolute Gasteiger partial charge is 1.00 e. The average Bonchev–Trinajstić information content (AvgIpc) is 2.29. The van der Waals surface area contributed by atoms with Crippen molar-refractivity contribution in [3.63, 3.8) is 0 Å². The molecule has 0 saturated carbocycles. The summed E-state index contributed by atoms with van der Waals surface area (Å²) in [5.74, 6) is 0. The second-order valence-corrected chi connectivity index (χ2v) is 3.15.